The lowest BCUT2D eigenvalue weighted by Crippen LogP contribution is -2.46. The summed E-state index contributed by atoms with van der Waals surface area (Å²) in [5.41, 5.74) is -5.62. The van der Waals surface area contributed by atoms with Crippen LogP contribution in [0.15, 0.2) is 18.1 Å². The van der Waals surface area contributed by atoms with Gasteiger partial charge >= 0.3 is 0 Å². The van der Waals surface area contributed by atoms with E-state index in [1.165, 1.54) is 4.90 Å². The van der Waals surface area contributed by atoms with Crippen LogP contribution in [-0.2, 0) is 14.8 Å². The van der Waals surface area contributed by atoms with Gasteiger partial charge in [0.15, 0.2) is 1.41 Å². The van der Waals surface area contributed by atoms with Crippen LogP contribution in [0.3, 0.4) is 0 Å². The number of unbranched alkanes of at least 4 members (excludes halogenated alkanes) is 1. The van der Waals surface area contributed by atoms with Crippen LogP contribution < -0.4 is 10.2 Å². The third kappa shape index (κ3) is 8.22. The Morgan fingerprint density at radius 2 is 2.03 bits per heavy atom. The zero-order valence-corrected chi connectivity index (χ0v) is 18.8. The van der Waals surface area contributed by atoms with Crippen molar-refractivity contribution in [1.29, 1.82) is 0 Å². The van der Waals surface area contributed by atoms with E-state index < -0.39 is 107 Å². The second-order valence-electron chi connectivity index (χ2n) is 7.23. The summed E-state index contributed by atoms with van der Waals surface area (Å²) in [4.78, 5) is 15.0. The fourth-order valence-corrected chi connectivity index (χ4v) is 4.02. The number of carbonyl (C=O) groups excluding carboxylic acids is 1. The molecule has 7 nitrogen and oxygen atoms in total. The van der Waals surface area contributed by atoms with Crippen molar-refractivity contribution in [2.24, 2.45) is 5.89 Å². The van der Waals surface area contributed by atoms with Gasteiger partial charge in [0.2, 0.25) is 15.9 Å². The van der Waals surface area contributed by atoms with E-state index in [0.717, 1.165) is 6.92 Å². The van der Waals surface area contributed by atoms with E-state index in [2.05, 4.69) is 0 Å². The van der Waals surface area contributed by atoms with Gasteiger partial charge in [-0.2, -0.15) is 0 Å². The third-order valence-corrected chi connectivity index (χ3v) is 5.98. The molecule has 1 aromatic carbocycles. The molecular formula is C24H39FN4O3S. The zero-order valence-electron chi connectivity index (χ0n) is 38.0. The molecule has 0 aromatic heterocycles. The highest BCUT2D eigenvalue weighted by atomic mass is 32.2. The first-order valence-corrected chi connectivity index (χ1v) is 11.6. The number of hydrogen-bond acceptors (Lipinski definition) is 5. The van der Waals surface area contributed by atoms with Crippen LogP contribution in [0.4, 0.5) is 15.8 Å². The van der Waals surface area contributed by atoms with Gasteiger partial charge in [0, 0.05) is 79.9 Å². The van der Waals surface area contributed by atoms with Crippen LogP contribution in [0.5, 0.6) is 0 Å². The quantitative estimate of drug-likeness (QED) is 0.496. The average molecular weight is 503 g/mol. The molecule has 1 aromatic rings. The largest absolute Gasteiger partial charge is 0.369 e. The molecule has 33 heavy (non-hydrogen) atoms. The number of benzene rings is 1. The normalized spacial score (nSPS) is 36.9. The van der Waals surface area contributed by atoms with Gasteiger partial charge in [0.05, 0.1) is 9.82 Å². The predicted octanol–water partition coefficient (Wildman–Crippen LogP) is 3.53. The lowest BCUT2D eigenvalue weighted by Gasteiger charge is -2.36. The van der Waals surface area contributed by atoms with Crippen LogP contribution in [0, 0.1) is 11.7 Å². The van der Waals surface area contributed by atoms with Crippen molar-refractivity contribution >= 4 is 27.3 Å². The van der Waals surface area contributed by atoms with Crippen molar-refractivity contribution in [3.63, 3.8) is 0 Å². The van der Waals surface area contributed by atoms with E-state index in [4.69, 9.17) is 27.5 Å². The molecule has 0 bridgehead atoms. The molecule has 1 N–H and O–H groups in total. The Labute approximate surface area is 226 Å². The Bertz CT molecular complexity index is 1670. The van der Waals surface area contributed by atoms with Gasteiger partial charge < -0.3 is 10.2 Å². The highest BCUT2D eigenvalue weighted by molar-refractivity contribution is 7.89. The summed E-state index contributed by atoms with van der Waals surface area (Å²) in [6, 6.07) is -2.33. The summed E-state index contributed by atoms with van der Waals surface area (Å²) in [5.74, 6) is -6.87. The molecule has 1 aliphatic heterocycles. The summed E-state index contributed by atoms with van der Waals surface area (Å²) in [7, 11) is -6.23. The lowest BCUT2D eigenvalue weighted by molar-refractivity contribution is -0.114. The fraction of sp³-hybridized carbons (Fsp3) is 0.708. The molecule has 1 heterocycles. The van der Waals surface area contributed by atoms with Crippen molar-refractivity contribution in [1.82, 2.24) is 9.21 Å². The molecule has 1 aliphatic carbocycles. The SMILES string of the molecule is [2H]c1c(F)c([2H])c(N([2H])C(C)=O)c([2H])c1N1CCN(CCCCN(C([2H])([2H])[2H])S(=O)(=O)C([2H])([2H])C2([2H])C([2H])([2H])C([2H])([2H])C([2H])([2H])C([2H])([2H])C2([2H])[2H])CC1. The number of carbonyl (C=O) groups is 1. The van der Waals surface area contributed by atoms with E-state index >= 15 is 0 Å². The smallest absolute Gasteiger partial charge is 0.221 e. The topological polar surface area (TPSA) is 73.0 Å². The van der Waals surface area contributed by atoms with Gasteiger partial charge in [-0.05, 0) is 56.2 Å². The Balaban J connectivity index is 1.83. The number of anilines is 2. The van der Waals surface area contributed by atoms with Gasteiger partial charge in [-0.1, -0.05) is 19.1 Å². The number of amides is 1. The molecule has 1 amide bonds. The highest BCUT2D eigenvalue weighted by Gasteiger charge is 2.25. The molecule has 9 heteroatoms. The summed E-state index contributed by atoms with van der Waals surface area (Å²) in [5, 5.41) is 0.183. The minimum Gasteiger partial charge on any atom is -0.369 e. The predicted molar refractivity (Wildman–Crippen MR) is 132 cm³/mol. The van der Waals surface area contributed by atoms with Gasteiger partial charge in [-0.3, -0.25) is 9.69 Å². The molecule has 0 unspecified atom stereocenters. The molecule has 186 valence electrons. The molecule has 2 aliphatic rings. The number of piperazine rings is 1. The van der Waals surface area contributed by atoms with Crippen LogP contribution in [0.25, 0.3) is 0 Å². The van der Waals surface area contributed by atoms with Crippen molar-refractivity contribution in [3.8, 4) is 0 Å². The number of halogens is 1. The Hall–Kier alpha value is -1.71. The van der Waals surface area contributed by atoms with Gasteiger partial charge in [0.1, 0.15) is 5.82 Å². The van der Waals surface area contributed by atoms with E-state index in [1.807, 2.05) is 0 Å². The van der Waals surface area contributed by atoms with Crippen molar-refractivity contribution in [2.75, 3.05) is 62.2 Å². The maximum absolute atomic E-state index is 14.8. The van der Waals surface area contributed by atoms with E-state index in [-0.39, 0.29) is 56.6 Å². The first kappa shape index (κ1) is 10.1. The van der Waals surface area contributed by atoms with Gasteiger partial charge in [-0.25, -0.2) is 17.1 Å². The Morgan fingerprint density at radius 1 is 1.30 bits per heavy atom. The monoisotopic (exact) mass is 502 g/mol. The minimum absolute atomic E-state index is 0.0240. The minimum atomic E-state index is -6.23. The lowest BCUT2D eigenvalue weighted by atomic mass is 9.91. The number of rotatable bonds is 10. The zero-order chi connectivity index (χ0) is 41.5. The Morgan fingerprint density at radius 3 is 2.70 bits per heavy atom. The maximum atomic E-state index is 14.8. The van der Waals surface area contributed by atoms with E-state index in [9.17, 15) is 17.6 Å². The third-order valence-electron chi connectivity index (χ3n) is 4.76. The summed E-state index contributed by atoms with van der Waals surface area (Å²) < 4.78 is 204. The number of hydrogen-bond donors (Lipinski definition) is 1. The van der Waals surface area contributed by atoms with Crippen molar-refractivity contribution in [2.45, 2.75) is 51.6 Å². The van der Waals surface area contributed by atoms with Gasteiger partial charge in [0.25, 0.3) is 0 Å². The van der Waals surface area contributed by atoms with Crippen LogP contribution in [0.1, 0.15) is 77.7 Å². The second-order valence-corrected chi connectivity index (χ2v) is 8.83. The average Bonchev–Trinajstić information content (AvgIpc) is 3.01. The van der Waals surface area contributed by atoms with E-state index in [0.29, 0.717) is 0 Å². The standard InChI is InChI=1S/C24H39FN4O3S/c1-20(30)26-23-16-22(25)17-24(18-23)29-14-12-28(13-15-29)11-7-6-10-27(2)33(31,32)19-21-8-4-3-5-9-21/h16-18,21H,3-15,19H2,1-2H3,(H,26,30)/i2D3,3D2,4D2,5D2,8D2,9D2,16D,17D,18D,19D2,21D/hD. The van der Waals surface area contributed by atoms with Crippen molar-refractivity contribution < 1.29 is 45.1 Å². The van der Waals surface area contributed by atoms with Crippen LogP contribution in [0.2, 0.25) is 1.41 Å². The highest BCUT2D eigenvalue weighted by Crippen LogP contribution is 2.26. The molecule has 1 saturated heterocycles. The molecule has 1 saturated carbocycles. The molecule has 0 atom stereocenters. The fourth-order valence-electron chi connectivity index (χ4n) is 3.18. The summed E-state index contributed by atoms with van der Waals surface area (Å²) in [6.45, 7) is -3.05. The van der Waals surface area contributed by atoms with E-state index in [1.54, 1.807) is 4.90 Å². The van der Waals surface area contributed by atoms with Gasteiger partial charge in [-0.15, -0.1) is 0 Å². The molecule has 0 radical (unpaired) electrons. The maximum Gasteiger partial charge on any atom is 0.221 e. The Kier molecular flexibility index (Phi) is 3.72. The summed E-state index contributed by atoms with van der Waals surface area (Å²) in [6.07, 6.45) is -21.7. The molecule has 3 rings (SSSR count). The molecule has 0 spiro atoms. The number of nitrogens with zero attached hydrogens (tertiary/aromatic N) is 3. The number of nitrogens with one attached hydrogen (secondary N) is 1. The summed E-state index contributed by atoms with van der Waals surface area (Å²) >= 11 is 0. The second kappa shape index (κ2) is 12.1. The van der Waals surface area contributed by atoms with Crippen LogP contribution >= 0.6 is 0 Å². The number of sulfonamides is 1. The molecule has 2 fully saturated rings. The first-order chi connectivity index (χ1) is 23.6. The first-order valence-electron chi connectivity index (χ1n) is 20.1. The molecular weight excluding hydrogens is 443 g/mol. The van der Waals surface area contributed by atoms with Crippen molar-refractivity contribution in [3.05, 3.63) is 23.9 Å². The van der Waals surface area contributed by atoms with Crippen LogP contribution in [-0.4, -0.2) is 75.5 Å².